The number of alkyl carbamates (subject to hydrolysis) is 1. The fourth-order valence-corrected chi connectivity index (χ4v) is 2.81. The molecule has 8 heteroatoms. The summed E-state index contributed by atoms with van der Waals surface area (Å²) in [5, 5.41) is 2.47. The van der Waals surface area contributed by atoms with E-state index in [-0.39, 0.29) is 12.5 Å². The highest BCUT2D eigenvalue weighted by molar-refractivity contribution is 5.85. The molecule has 2 atom stereocenters. The summed E-state index contributed by atoms with van der Waals surface area (Å²) in [6.45, 7) is 5.93. The number of hydrogen-bond donors (Lipinski definition) is 1. The molecule has 0 spiro atoms. The lowest BCUT2D eigenvalue weighted by Gasteiger charge is -2.25. The second-order valence-corrected chi connectivity index (χ2v) is 7.58. The molecule has 1 aromatic rings. The van der Waals surface area contributed by atoms with Gasteiger partial charge in [-0.05, 0) is 26.3 Å². The minimum absolute atomic E-state index is 0.00402. The van der Waals surface area contributed by atoms with Crippen molar-refractivity contribution in [3.05, 3.63) is 35.9 Å². The molecule has 1 saturated heterocycles. The molecule has 8 nitrogen and oxygen atoms in total. The van der Waals surface area contributed by atoms with Gasteiger partial charge in [0, 0.05) is 13.0 Å². The lowest BCUT2D eigenvalue weighted by Crippen LogP contribution is -2.51. The number of hydrogen-bond acceptors (Lipinski definition) is 6. The first-order valence-electron chi connectivity index (χ1n) is 9.21. The summed E-state index contributed by atoms with van der Waals surface area (Å²) in [7, 11) is 1.23. The molecule has 1 heterocycles. The normalized spacial score (nSPS) is 17.9. The van der Waals surface area contributed by atoms with Gasteiger partial charge >= 0.3 is 12.1 Å². The average molecular weight is 392 g/mol. The van der Waals surface area contributed by atoms with Gasteiger partial charge in [0.1, 0.15) is 17.7 Å². The second kappa shape index (κ2) is 9.54. The van der Waals surface area contributed by atoms with Crippen molar-refractivity contribution < 1.29 is 28.6 Å². The first kappa shape index (κ1) is 21.7. The van der Waals surface area contributed by atoms with Crippen LogP contribution in [0.3, 0.4) is 0 Å². The first-order valence-corrected chi connectivity index (χ1v) is 9.21. The Morgan fingerprint density at radius 2 is 1.93 bits per heavy atom. The van der Waals surface area contributed by atoms with E-state index in [1.165, 1.54) is 12.0 Å². The number of esters is 1. The lowest BCUT2D eigenvalue weighted by atomic mass is 10.2. The van der Waals surface area contributed by atoms with Crippen LogP contribution in [-0.2, 0) is 30.4 Å². The Morgan fingerprint density at radius 1 is 1.25 bits per heavy atom. The van der Waals surface area contributed by atoms with Gasteiger partial charge in [-0.3, -0.25) is 4.79 Å². The van der Waals surface area contributed by atoms with E-state index >= 15 is 0 Å². The Hall–Kier alpha value is -2.61. The van der Waals surface area contributed by atoms with Crippen molar-refractivity contribution in [2.24, 2.45) is 0 Å². The molecule has 0 saturated carbocycles. The van der Waals surface area contributed by atoms with Crippen molar-refractivity contribution in [1.82, 2.24) is 10.2 Å². The van der Waals surface area contributed by atoms with Crippen molar-refractivity contribution >= 4 is 18.0 Å². The Morgan fingerprint density at radius 3 is 2.54 bits per heavy atom. The molecule has 28 heavy (non-hydrogen) atoms. The van der Waals surface area contributed by atoms with Crippen LogP contribution in [0.5, 0.6) is 0 Å². The standard InChI is InChI=1S/C20H28N2O6/c1-20(2,3)28-19(25)21-15(18(24)26-4)12-22-11-10-16(17(22)23)27-13-14-8-6-5-7-9-14/h5-9,15-16H,10-13H2,1-4H3,(H,21,25)/t15-,16-/m0/s1. The van der Waals surface area contributed by atoms with Gasteiger partial charge in [-0.15, -0.1) is 0 Å². The van der Waals surface area contributed by atoms with Crippen LogP contribution < -0.4 is 5.32 Å². The molecule has 1 aliphatic heterocycles. The lowest BCUT2D eigenvalue weighted by molar-refractivity contribution is -0.145. The largest absolute Gasteiger partial charge is 0.467 e. The highest BCUT2D eigenvalue weighted by Crippen LogP contribution is 2.17. The van der Waals surface area contributed by atoms with Crippen molar-refractivity contribution in [2.75, 3.05) is 20.2 Å². The van der Waals surface area contributed by atoms with E-state index < -0.39 is 29.8 Å². The molecule has 0 aromatic heterocycles. The minimum atomic E-state index is -1.02. The van der Waals surface area contributed by atoms with Gasteiger partial charge in [0.25, 0.3) is 5.91 Å². The molecule has 0 unspecified atom stereocenters. The fraction of sp³-hybridized carbons (Fsp3) is 0.550. The second-order valence-electron chi connectivity index (χ2n) is 7.58. The maximum atomic E-state index is 12.6. The van der Waals surface area contributed by atoms with Crippen LogP contribution in [0.4, 0.5) is 4.79 Å². The maximum absolute atomic E-state index is 12.6. The molecule has 0 bridgehead atoms. The zero-order chi connectivity index (χ0) is 20.7. The molecule has 0 radical (unpaired) electrons. The molecule has 1 N–H and O–H groups in total. The number of nitrogens with zero attached hydrogens (tertiary/aromatic N) is 1. The van der Waals surface area contributed by atoms with Crippen LogP contribution in [0.25, 0.3) is 0 Å². The Bertz CT molecular complexity index is 686. The van der Waals surface area contributed by atoms with Gasteiger partial charge in [-0.2, -0.15) is 0 Å². The zero-order valence-corrected chi connectivity index (χ0v) is 16.8. The molecular weight excluding hydrogens is 364 g/mol. The van der Waals surface area contributed by atoms with E-state index in [1.54, 1.807) is 20.8 Å². The van der Waals surface area contributed by atoms with E-state index in [0.717, 1.165) is 5.56 Å². The Balaban J connectivity index is 1.92. The van der Waals surface area contributed by atoms with Gasteiger partial charge in [0.2, 0.25) is 0 Å². The summed E-state index contributed by atoms with van der Waals surface area (Å²) >= 11 is 0. The highest BCUT2D eigenvalue weighted by Gasteiger charge is 2.36. The van der Waals surface area contributed by atoms with Crippen LogP contribution in [0.15, 0.2) is 30.3 Å². The summed E-state index contributed by atoms with van der Waals surface area (Å²) in [4.78, 5) is 38.1. The maximum Gasteiger partial charge on any atom is 0.408 e. The summed E-state index contributed by atoms with van der Waals surface area (Å²) < 4.78 is 15.6. The van der Waals surface area contributed by atoms with E-state index in [2.05, 4.69) is 5.32 Å². The van der Waals surface area contributed by atoms with Gasteiger partial charge in [-0.25, -0.2) is 9.59 Å². The number of carbonyl (C=O) groups excluding carboxylic acids is 3. The first-order chi connectivity index (χ1) is 13.2. The van der Waals surface area contributed by atoms with Crippen LogP contribution in [0.1, 0.15) is 32.8 Å². The Kier molecular flexibility index (Phi) is 7.39. The van der Waals surface area contributed by atoms with Crippen LogP contribution in [-0.4, -0.2) is 60.8 Å². The number of methoxy groups -OCH3 is 1. The van der Waals surface area contributed by atoms with Crippen molar-refractivity contribution in [3.8, 4) is 0 Å². The third-order valence-electron chi connectivity index (χ3n) is 4.12. The monoisotopic (exact) mass is 392 g/mol. The van der Waals surface area contributed by atoms with Crippen LogP contribution >= 0.6 is 0 Å². The molecule has 1 aliphatic rings. The molecule has 1 fully saturated rings. The quantitative estimate of drug-likeness (QED) is 0.712. The SMILES string of the molecule is COC(=O)[C@H](CN1CC[C@H](OCc2ccccc2)C1=O)NC(=O)OC(C)(C)C. The van der Waals surface area contributed by atoms with Gasteiger partial charge < -0.3 is 24.4 Å². The molecule has 2 amide bonds. The van der Waals surface area contributed by atoms with Gasteiger partial charge in [-0.1, -0.05) is 30.3 Å². The minimum Gasteiger partial charge on any atom is -0.467 e. The van der Waals surface area contributed by atoms with Crippen LogP contribution in [0.2, 0.25) is 0 Å². The van der Waals surface area contributed by atoms with Gasteiger partial charge in [0.05, 0.1) is 20.3 Å². The third kappa shape index (κ3) is 6.53. The molecule has 1 aromatic carbocycles. The number of likely N-dealkylation sites (tertiary alicyclic amines) is 1. The fourth-order valence-electron chi connectivity index (χ4n) is 2.81. The number of amides is 2. The molecule has 0 aliphatic carbocycles. The van der Waals surface area contributed by atoms with Crippen molar-refractivity contribution in [3.63, 3.8) is 0 Å². The molecular formula is C20H28N2O6. The smallest absolute Gasteiger partial charge is 0.408 e. The Labute approximate surface area is 165 Å². The van der Waals surface area contributed by atoms with E-state index in [4.69, 9.17) is 14.2 Å². The number of rotatable bonds is 7. The topological polar surface area (TPSA) is 94.2 Å². The van der Waals surface area contributed by atoms with E-state index in [1.807, 2.05) is 30.3 Å². The summed E-state index contributed by atoms with van der Waals surface area (Å²) in [5.74, 6) is -0.858. The zero-order valence-electron chi connectivity index (χ0n) is 16.8. The van der Waals surface area contributed by atoms with Crippen LogP contribution in [0, 0.1) is 0 Å². The van der Waals surface area contributed by atoms with E-state index in [0.29, 0.717) is 19.6 Å². The number of ether oxygens (including phenoxy) is 3. The number of carbonyl (C=O) groups is 3. The van der Waals surface area contributed by atoms with Gasteiger partial charge in [0.15, 0.2) is 0 Å². The number of benzene rings is 1. The molecule has 2 rings (SSSR count). The van der Waals surface area contributed by atoms with Crippen molar-refractivity contribution in [2.45, 2.75) is 51.5 Å². The van der Waals surface area contributed by atoms with Crippen molar-refractivity contribution in [1.29, 1.82) is 0 Å². The third-order valence-corrected chi connectivity index (χ3v) is 4.12. The average Bonchev–Trinajstić information content (AvgIpc) is 2.98. The molecule has 154 valence electrons. The van der Waals surface area contributed by atoms with E-state index in [9.17, 15) is 14.4 Å². The highest BCUT2D eigenvalue weighted by atomic mass is 16.6. The predicted molar refractivity (Wildman–Crippen MR) is 101 cm³/mol. The summed E-state index contributed by atoms with van der Waals surface area (Å²) in [6.07, 6.45) is -0.794. The predicted octanol–water partition coefficient (Wildman–Crippen LogP) is 1.87. The number of nitrogens with one attached hydrogen (secondary N) is 1. The summed E-state index contributed by atoms with van der Waals surface area (Å²) in [5.41, 5.74) is 0.276. The summed E-state index contributed by atoms with van der Waals surface area (Å²) in [6, 6.07) is 8.56.